The van der Waals surface area contributed by atoms with Gasteiger partial charge in [-0.05, 0) is 36.5 Å². The molecular weight excluding hydrogens is 356 g/mol. The van der Waals surface area contributed by atoms with Gasteiger partial charge in [-0.3, -0.25) is 10.1 Å². The Morgan fingerprint density at radius 2 is 1.50 bits per heavy atom. The van der Waals surface area contributed by atoms with Crippen LogP contribution in [-0.4, -0.2) is 39.5 Å². The van der Waals surface area contributed by atoms with Crippen LogP contribution in [-0.2, 0) is 0 Å². The van der Waals surface area contributed by atoms with Crippen LogP contribution in [0, 0.1) is 0 Å². The summed E-state index contributed by atoms with van der Waals surface area (Å²) in [5.74, 6) is 1.47. The molecule has 0 unspecified atom stereocenters. The van der Waals surface area contributed by atoms with Crippen molar-refractivity contribution < 1.29 is 23.7 Å². The standard InChI is InChI=1S/C18H20N2O5S/c1-22-11-8-9-13(23-2)12(10-11)19-18(26)20-17(21)16-14(24-3)6-5-7-15(16)25-4/h5-10H,1-4H3,(H2,19,20,21,26). The van der Waals surface area contributed by atoms with Gasteiger partial charge in [-0.25, -0.2) is 0 Å². The number of methoxy groups -OCH3 is 4. The molecule has 1 amide bonds. The van der Waals surface area contributed by atoms with Crippen molar-refractivity contribution >= 4 is 28.9 Å². The van der Waals surface area contributed by atoms with E-state index in [0.29, 0.717) is 28.7 Å². The number of nitrogens with one attached hydrogen (secondary N) is 2. The number of hydrogen-bond donors (Lipinski definition) is 2. The van der Waals surface area contributed by atoms with Crippen LogP contribution in [0.25, 0.3) is 0 Å². The van der Waals surface area contributed by atoms with E-state index >= 15 is 0 Å². The van der Waals surface area contributed by atoms with Crippen molar-refractivity contribution in [3.63, 3.8) is 0 Å². The Kier molecular flexibility index (Phi) is 6.62. The molecular formula is C18H20N2O5S. The van der Waals surface area contributed by atoms with E-state index in [2.05, 4.69) is 10.6 Å². The fourth-order valence-corrected chi connectivity index (χ4v) is 2.51. The van der Waals surface area contributed by atoms with Gasteiger partial charge in [0.2, 0.25) is 0 Å². The second-order valence-corrected chi connectivity index (χ2v) is 5.42. The third-order valence-electron chi connectivity index (χ3n) is 3.54. The molecule has 0 aromatic heterocycles. The largest absolute Gasteiger partial charge is 0.497 e. The van der Waals surface area contributed by atoms with Crippen molar-refractivity contribution in [2.75, 3.05) is 33.8 Å². The molecule has 2 aromatic rings. The predicted molar refractivity (Wildman–Crippen MR) is 103 cm³/mol. The Bertz CT molecular complexity index is 788. The van der Waals surface area contributed by atoms with Crippen LogP contribution in [0.5, 0.6) is 23.0 Å². The molecule has 0 atom stereocenters. The van der Waals surface area contributed by atoms with Gasteiger partial charge in [0.15, 0.2) is 5.11 Å². The minimum absolute atomic E-state index is 0.0921. The molecule has 0 heterocycles. The summed E-state index contributed by atoms with van der Waals surface area (Å²) >= 11 is 5.24. The molecule has 0 fully saturated rings. The first kappa shape index (κ1) is 19.3. The van der Waals surface area contributed by atoms with Crippen LogP contribution in [0.2, 0.25) is 0 Å². The van der Waals surface area contributed by atoms with Crippen molar-refractivity contribution in [2.24, 2.45) is 0 Å². The second kappa shape index (κ2) is 8.91. The van der Waals surface area contributed by atoms with Crippen LogP contribution in [0.4, 0.5) is 5.69 Å². The van der Waals surface area contributed by atoms with Gasteiger partial charge in [-0.1, -0.05) is 6.07 Å². The third-order valence-corrected chi connectivity index (χ3v) is 3.74. The molecule has 2 aromatic carbocycles. The molecule has 0 saturated heterocycles. The zero-order valence-electron chi connectivity index (χ0n) is 14.9. The number of anilines is 1. The zero-order chi connectivity index (χ0) is 19.1. The Balaban J connectivity index is 2.20. The SMILES string of the molecule is COc1ccc(OC)c(NC(=S)NC(=O)c2c(OC)cccc2OC)c1. The van der Waals surface area contributed by atoms with Crippen LogP contribution in [0.15, 0.2) is 36.4 Å². The highest BCUT2D eigenvalue weighted by atomic mass is 32.1. The van der Waals surface area contributed by atoms with Crippen LogP contribution in [0.3, 0.4) is 0 Å². The molecule has 0 aliphatic rings. The number of ether oxygens (including phenoxy) is 4. The van der Waals surface area contributed by atoms with E-state index in [-0.39, 0.29) is 10.7 Å². The average Bonchev–Trinajstić information content (AvgIpc) is 2.66. The number of benzene rings is 2. The lowest BCUT2D eigenvalue weighted by Gasteiger charge is -2.16. The zero-order valence-corrected chi connectivity index (χ0v) is 15.7. The molecule has 0 spiro atoms. The van der Waals surface area contributed by atoms with Gasteiger partial charge in [-0.2, -0.15) is 0 Å². The van der Waals surface area contributed by atoms with E-state index < -0.39 is 5.91 Å². The van der Waals surface area contributed by atoms with Gasteiger partial charge in [-0.15, -0.1) is 0 Å². The molecule has 0 bridgehead atoms. The number of rotatable bonds is 6. The normalized spacial score (nSPS) is 9.85. The highest BCUT2D eigenvalue weighted by Gasteiger charge is 2.19. The summed E-state index contributed by atoms with van der Waals surface area (Å²) < 4.78 is 20.9. The summed E-state index contributed by atoms with van der Waals surface area (Å²) in [5, 5.41) is 5.62. The smallest absolute Gasteiger partial charge is 0.264 e. The molecule has 26 heavy (non-hydrogen) atoms. The summed E-state index contributed by atoms with van der Waals surface area (Å²) in [7, 11) is 6.04. The van der Waals surface area contributed by atoms with Crippen LogP contribution in [0.1, 0.15) is 10.4 Å². The lowest BCUT2D eigenvalue weighted by molar-refractivity contribution is 0.0971. The fraction of sp³-hybridized carbons (Fsp3) is 0.222. The fourth-order valence-electron chi connectivity index (χ4n) is 2.31. The first-order valence-electron chi connectivity index (χ1n) is 7.59. The van der Waals surface area contributed by atoms with Crippen LogP contribution < -0.4 is 29.6 Å². The second-order valence-electron chi connectivity index (χ2n) is 5.01. The minimum Gasteiger partial charge on any atom is -0.497 e. The first-order valence-corrected chi connectivity index (χ1v) is 8.00. The summed E-state index contributed by atoms with van der Waals surface area (Å²) in [6, 6.07) is 10.3. The molecule has 7 nitrogen and oxygen atoms in total. The number of carbonyl (C=O) groups excluding carboxylic acids is 1. The maximum Gasteiger partial charge on any atom is 0.264 e. The van der Waals surface area contributed by atoms with E-state index in [4.69, 9.17) is 31.2 Å². The number of thiocarbonyl (C=S) groups is 1. The monoisotopic (exact) mass is 376 g/mol. The van der Waals surface area contributed by atoms with Gasteiger partial charge in [0.25, 0.3) is 5.91 Å². The van der Waals surface area contributed by atoms with Crippen LogP contribution >= 0.6 is 12.2 Å². The Labute approximate surface area is 157 Å². The molecule has 0 aliphatic heterocycles. The number of hydrogen-bond acceptors (Lipinski definition) is 6. The molecule has 2 N–H and O–H groups in total. The molecule has 0 radical (unpaired) electrons. The average molecular weight is 376 g/mol. The molecule has 138 valence electrons. The number of carbonyl (C=O) groups is 1. The van der Waals surface area contributed by atoms with E-state index in [1.165, 1.54) is 21.3 Å². The van der Waals surface area contributed by atoms with Gasteiger partial charge in [0, 0.05) is 6.07 Å². The van der Waals surface area contributed by atoms with Crippen molar-refractivity contribution in [1.29, 1.82) is 0 Å². The maximum atomic E-state index is 12.6. The van der Waals surface area contributed by atoms with Crippen molar-refractivity contribution in [3.8, 4) is 23.0 Å². The van der Waals surface area contributed by atoms with Crippen molar-refractivity contribution in [2.45, 2.75) is 0 Å². The van der Waals surface area contributed by atoms with E-state index in [1.54, 1.807) is 43.5 Å². The molecule has 0 aliphatic carbocycles. The quantitative estimate of drug-likeness (QED) is 0.751. The molecule has 2 rings (SSSR count). The predicted octanol–water partition coefficient (Wildman–Crippen LogP) is 2.85. The Morgan fingerprint density at radius 3 is 2.04 bits per heavy atom. The minimum atomic E-state index is -0.460. The van der Waals surface area contributed by atoms with Gasteiger partial charge < -0.3 is 24.3 Å². The van der Waals surface area contributed by atoms with Gasteiger partial charge >= 0.3 is 0 Å². The van der Waals surface area contributed by atoms with Crippen molar-refractivity contribution in [1.82, 2.24) is 5.32 Å². The molecule has 0 saturated carbocycles. The van der Waals surface area contributed by atoms with E-state index in [0.717, 1.165) is 0 Å². The maximum absolute atomic E-state index is 12.6. The topological polar surface area (TPSA) is 78.1 Å². The number of amides is 1. The summed E-state index contributed by atoms with van der Waals surface area (Å²) in [4.78, 5) is 12.6. The molecule has 8 heteroatoms. The Hall–Kier alpha value is -3.00. The first-order chi connectivity index (χ1) is 12.5. The highest BCUT2D eigenvalue weighted by Crippen LogP contribution is 2.30. The van der Waals surface area contributed by atoms with Gasteiger partial charge in [0.1, 0.15) is 28.6 Å². The third kappa shape index (κ3) is 4.34. The van der Waals surface area contributed by atoms with Crippen molar-refractivity contribution in [3.05, 3.63) is 42.0 Å². The summed E-state index contributed by atoms with van der Waals surface area (Å²) in [6.45, 7) is 0. The van der Waals surface area contributed by atoms with E-state index in [1.807, 2.05) is 0 Å². The highest BCUT2D eigenvalue weighted by molar-refractivity contribution is 7.80. The Morgan fingerprint density at radius 1 is 0.885 bits per heavy atom. The lowest BCUT2D eigenvalue weighted by atomic mass is 10.1. The van der Waals surface area contributed by atoms with E-state index in [9.17, 15) is 4.79 Å². The summed E-state index contributed by atoms with van der Waals surface area (Å²) in [5.41, 5.74) is 0.809. The lowest BCUT2D eigenvalue weighted by Crippen LogP contribution is -2.34. The van der Waals surface area contributed by atoms with Gasteiger partial charge in [0.05, 0.1) is 34.1 Å². The summed E-state index contributed by atoms with van der Waals surface area (Å²) in [6.07, 6.45) is 0.